The van der Waals surface area contributed by atoms with Crippen LogP contribution in [0.15, 0.2) is 83.3 Å². The molecular formula is C25H21N3O3S. The van der Waals surface area contributed by atoms with Crippen LogP contribution in [0.25, 0.3) is 11.3 Å². The van der Waals surface area contributed by atoms with Gasteiger partial charge in [0.25, 0.3) is 0 Å². The number of hydrogen-bond acceptors (Lipinski definition) is 7. The van der Waals surface area contributed by atoms with Gasteiger partial charge < -0.3 is 14.2 Å². The Morgan fingerprint density at radius 1 is 1.03 bits per heavy atom. The highest BCUT2D eigenvalue weighted by atomic mass is 32.1. The summed E-state index contributed by atoms with van der Waals surface area (Å²) in [5, 5.41) is 9.40. The minimum Gasteiger partial charge on any atom is -0.494 e. The van der Waals surface area contributed by atoms with Gasteiger partial charge in [-0.05, 0) is 67.1 Å². The third-order valence-electron chi connectivity index (χ3n) is 4.85. The Balaban J connectivity index is 1.44. The molecule has 6 nitrogen and oxygen atoms in total. The average molecular weight is 444 g/mol. The average Bonchev–Trinajstić information content (AvgIpc) is 3.50. The van der Waals surface area contributed by atoms with Gasteiger partial charge in [0.15, 0.2) is 11.5 Å². The van der Waals surface area contributed by atoms with Crippen molar-refractivity contribution < 1.29 is 14.2 Å². The third-order valence-corrected chi connectivity index (χ3v) is 5.67. The molecule has 160 valence electrons. The van der Waals surface area contributed by atoms with E-state index in [-0.39, 0.29) is 6.79 Å². The second kappa shape index (κ2) is 9.11. The van der Waals surface area contributed by atoms with E-state index in [0.29, 0.717) is 6.61 Å². The van der Waals surface area contributed by atoms with Crippen molar-refractivity contribution in [3.05, 3.63) is 83.7 Å². The van der Waals surface area contributed by atoms with E-state index in [9.17, 15) is 0 Å². The number of thiazole rings is 1. The van der Waals surface area contributed by atoms with Crippen LogP contribution < -0.4 is 19.2 Å². The molecular weight excluding hydrogens is 422 g/mol. The Bertz CT molecular complexity index is 1220. The summed E-state index contributed by atoms with van der Waals surface area (Å²) in [6.07, 6.45) is 1.80. The largest absolute Gasteiger partial charge is 0.494 e. The first-order chi connectivity index (χ1) is 15.8. The van der Waals surface area contributed by atoms with E-state index in [2.05, 4.69) is 0 Å². The number of aromatic nitrogens is 1. The molecule has 1 aliphatic rings. The lowest BCUT2D eigenvalue weighted by Crippen LogP contribution is -2.09. The van der Waals surface area contributed by atoms with E-state index in [4.69, 9.17) is 24.3 Å². The molecule has 0 saturated heterocycles. The molecule has 0 saturated carbocycles. The quantitative estimate of drug-likeness (QED) is 0.255. The first-order valence-electron chi connectivity index (χ1n) is 10.3. The molecule has 0 aliphatic carbocycles. The number of anilines is 2. The number of hydrogen-bond donors (Lipinski definition) is 0. The minimum atomic E-state index is 0.250. The summed E-state index contributed by atoms with van der Waals surface area (Å²) in [6.45, 7) is 2.87. The van der Waals surface area contributed by atoms with Crippen molar-refractivity contribution in [1.82, 2.24) is 4.98 Å². The van der Waals surface area contributed by atoms with E-state index < -0.39 is 0 Å². The summed E-state index contributed by atoms with van der Waals surface area (Å²) in [5.41, 5.74) is 3.77. The van der Waals surface area contributed by atoms with Gasteiger partial charge in [0, 0.05) is 10.9 Å². The molecule has 32 heavy (non-hydrogen) atoms. The zero-order valence-corrected chi connectivity index (χ0v) is 18.3. The monoisotopic (exact) mass is 443 g/mol. The molecule has 5 rings (SSSR count). The van der Waals surface area contributed by atoms with Crippen LogP contribution in [0.1, 0.15) is 12.5 Å². The molecule has 0 bridgehead atoms. The first kappa shape index (κ1) is 20.1. The number of rotatable bonds is 7. The zero-order valence-electron chi connectivity index (χ0n) is 17.5. The summed E-state index contributed by atoms with van der Waals surface area (Å²) in [5.74, 6) is 2.33. The van der Waals surface area contributed by atoms with Gasteiger partial charge in [0.05, 0.1) is 24.2 Å². The first-order valence-corrected chi connectivity index (χ1v) is 11.2. The van der Waals surface area contributed by atoms with Crippen molar-refractivity contribution in [2.75, 3.05) is 18.4 Å². The number of para-hydroxylation sites is 1. The number of fused-ring (bicyclic) bond motifs is 1. The second-order valence-electron chi connectivity index (χ2n) is 6.98. The molecule has 2 heterocycles. The molecule has 1 aromatic heterocycles. The smallest absolute Gasteiger partial charge is 0.231 e. The third kappa shape index (κ3) is 4.29. The zero-order chi connectivity index (χ0) is 21.8. The summed E-state index contributed by atoms with van der Waals surface area (Å²) in [4.78, 5) is 4.85. The van der Waals surface area contributed by atoms with Gasteiger partial charge >= 0.3 is 0 Å². The maximum atomic E-state index is 5.54. The molecule has 0 spiro atoms. The van der Waals surface area contributed by atoms with E-state index in [0.717, 1.165) is 44.9 Å². The second-order valence-corrected chi connectivity index (χ2v) is 7.81. The Morgan fingerprint density at radius 2 is 1.84 bits per heavy atom. The Labute approximate surface area is 190 Å². The normalized spacial score (nSPS) is 12.3. The summed E-state index contributed by atoms with van der Waals surface area (Å²) >= 11 is 1.54. The van der Waals surface area contributed by atoms with Crippen LogP contribution in [-0.2, 0) is 0 Å². The van der Waals surface area contributed by atoms with Crippen LogP contribution in [0.5, 0.6) is 17.2 Å². The van der Waals surface area contributed by atoms with Crippen LogP contribution in [0.2, 0.25) is 0 Å². The van der Waals surface area contributed by atoms with Crippen molar-refractivity contribution >= 4 is 28.4 Å². The fourth-order valence-electron chi connectivity index (χ4n) is 3.30. The van der Waals surface area contributed by atoms with E-state index >= 15 is 0 Å². The van der Waals surface area contributed by atoms with Gasteiger partial charge in [-0.1, -0.05) is 18.2 Å². The van der Waals surface area contributed by atoms with Gasteiger partial charge in [0.2, 0.25) is 11.9 Å². The van der Waals surface area contributed by atoms with Gasteiger partial charge in [0.1, 0.15) is 5.75 Å². The van der Waals surface area contributed by atoms with Crippen LogP contribution in [-0.4, -0.2) is 24.6 Å². The Kier molecular flexibility index (Phi) is 5.72. The molecule has 7 heteroatoms. The molecule has 0 N–H and O–H groups in total. The summed E-state index contributed by atoms with van der Waals surface area (Å²) < 4.78 is 16.4. The predicted molar refractivity (Wildman–Crippen MR) is 127 cm³/mol. The van der Waals surface area contributed by atoms with Crippen molar-refractivity contribution in [3.8, 4) is 28.5 Å². The summed E-state index contributed by atoms with van der Waals surface area (Å²) in [7, 11) is 0. The van der Waals surface area contributed by atoms with Crippen molar-refractivity contribution in [2.24, 2.45) is 5.10 Å². The summed E-state index contributed by atoms with van der Waals surface area (Å²) in [6, 6.07) is 23.7. The van der Waals surface area contributed by atoms with E-state index in [1.54, 1.807) is 17.6 Å². The predicted octanol–water partition coefficient (Wildman–Crippen LogP) is 6.11. The van der Waals surface area contributed by atoms with E-state index in [1.807, 2.05) is 90.1 Å². The lowest BCUT2D eigenvalue weighted by molar-refractivity contribution is 0.174. The van der Waals surface area contributed by atoms with Crippen molar-refractivity contribution in [2.45, 2.75) is 6.92 Å². The Hall–Kier alpha value is -3.84. The molecule has 0 fully saturated rings. The molecule has 4 aromatic rings. The highest BCUT2D eigenvalue weighted by Crippen LogP contribution is 2.34. The van der Waals surface area contributed by atoms with Crippen molar-refractivity contribution in [3.63, 3.8) is 0 Å². The highest BCUT2D eigenvalue weighted by Gasteiger charge is 2.15. The van der Waals surface area contributed by atoms with Gasteiger partial charge in [-0.15, -0.1) is 11.3 Å². The molecule has 0 amide bonds. The molecule has 0 unspecified atom stereocenters. The van der Waals surface area contributed by atoms with Crippen LogP contribution in [0, 0.1) is 0 Å². The lowest BCUT2D eigenvalue weighted by atomic mass is 10.2. The minimum absolute atomic E-state index is 0.250. The SMILES string of the molecule is CCOc1ccc(-c2csc(N(N=Cc3ccc4c(c3)OCO4)c3ccccc3)n2)cc1. The number of hydrazone groups is 1. The van der Waals surface area contributed by atoms with Gasteiger partial charge in [-0.3, -0.25) is 0 Å². The standard InChI is InChI=1S/C25H21N3O3S/c1-2-29-21-11-9-19(10-12-21)22-16-32-25(27-22)28(20-6-4-3-5-7-20)26-15-18-8-13-23-24(14-18)31-17-30-23/h3-16H,2,17H2,1H3. The number of nitrogens with zero attached hydrogens (tertiary/aromatic N) is 3. The van der Waals surface area contributed by atoms with Gasteiger partial charge in [-0.2, -0.15) is 5.10 Å². The molecule has 0 atom stereocenters. The highest BCUT2D eigenvalue weighted by molar-refractivity contribution is 7.14. The van der Waals surface area contributed by atoms with Gasteiger partial charge in [-0.25, -0.2) is 9.99 Å². The van der Waals surface area contributed by atoms with E-state index in [1.165, 1.54) is 0 Å². The fraction of sp³-hybridized carbons (Fsp3) is 0.120. The number of benzene rings is 3. The topological polar surface area (TPSA) is 56.2 Å². The molecule has 0 radical (unpaired) electrons. The Morgan fingerprint density at radius 3 is 2.66 bits per heavy atom. The lowest BCUT2D eigenvalue weighted by Gasteiger charge is -2.15. The maximum Gasteiger partial charge on any atom is 0.231 e. The van der Waals surface area contributed by atoms with Crippen LogP contribution >= 0.6 is 11.3 Å². The van der Waals surface area contributed by atoms with Crippen LogP contribution in [0.3, 0.4) is 0 Å². The fourth-order valence-corrected chi connectivity index (χ4v) is 4.11. The van der Waals surface area contributed by atoms with Crippen LogP contribution in [0.4, 0.5) is 10.8 Å². The molecule has 3 aromatic carbocycles. The number of ether oxygens (including phenoxy) is 3. The molecule has 1 aliphatic heterocycles. The maximum absolute atomic E-state index is 5.54. The van der Waals surface area contributed by atoms with Crippen molar-refractivity contribution in [1.29, 1.82) is 0 Å².